The van der Waals surface area contributed by atoms with Gasteiger partial charge in [0.1, 0.15) is 0 Å². The van der Waals surface area contributed by atoms with E-state index in [4.69, 9.17) is 4.74 Å². The van der Waals surface area contributed by atoms with Gasteiger partial charge in [-0.15, -0.1) is 0 Å². The number of hydrogen-bond donors (Lipinski definition) is 0. The zero-order chi connectivity index (χ0) is 12.6. The van der Waals surface area contributed by atoms with Crippen LogP contribution >= 0.6 is 0 Å². The summed E-state index contributed by atoms with van der Waals surface area (Å²) in [5.41, 5.74) is 0.538. The molecule has 0 N–H and O–H groups in total. The van der Waals surface area contributed by atoms with Crippen molar-refractivity contribution in [2.24, 2.45) is 46.8 Å². The lowest BCUT2D eigenvalue weighted by atomic mass is 9.67. The molecule has 4 aliphatic carbocycles. The molecular formula is C18H26O. The van der Waals surface area contributed by atoms with E-state index in [1.165, 1.54) is 19.3 Å². The summed E-state index contributed by atoms with van der Waals surface area (Å²) in [4.78, 5) is 0. The maximum absolute atomic E-state index is 5.42. The molecule has 7 atom stereocenters. The minimum absolute atomic E-state index is 0.538. The van der Waals surface area contributed by atoms with Crippen LogP contribution in [0.2, 0.25) is 0 Å². The Hall–Kier alpha value is -0.300. The molecule has 0 amide bonds. The van der Waals surface area contributed by atoms with Gasteiger partial charge in [0.2, 0.25) is 0 Å². The zero-order valence-electron chi connectivity index (χ0n) is 12.1. The summed E-state index contributed by atoms with van der Waals surface area (Å²) in [7, 11) is 0. The van der Waals surface area contributed by atoms with Crippen LogP contribution in [0, 0.1) is 46.8 Å². The summed E-state index contributed by atoms with van der Waals surface area (Å²) < 4.78 is 5.42. The average molecular weight is 258 g/mol. The van der Waals surface area contributed by atoms with Gasteiger partial charge in [-0.25, -0.2) is 0 Å². The fraction of sp³-hybridized carbons (Fsp3) is 0.889. The quantitative estimate of drug-likeness (QED) is 0.551. The Kier molecular flexibility index (Phi) is 2.19. The smallest absolute Gasteiger partial charge is 0.0542 e. The highest BCUT2D eigenvalue weighted by Gasteiger charge is 2.60. The number of hydrogen-bond acceptors (Lipinski definition) is 1. The van der Waals surface area contributed by atoms with Crippen molar-refractivity contribution in [3.05, 3.63) is 12.2 Å². The molecule has 4 bridgehead atoms. The van der Waals surface area contributed by atoms with E-state index in [2.05, 4.69) is 19.1 Å². The van der Waals surface area contributed by atoms with Crippen molar-refractivity contribution < 1.29 is 4.74 Å². The molecule has 3 saturated carbocycles. The summed E-state index contributed by atoms with van der Waals surface area (Å²) in [6, 6.07) is 0. The second kappa shape index (κ2) is 3.67. The van der Waals surface area contributed by atoms with Gasteiger partial charge in [-0.2, -0.15) is 0 Å². The Morgan fingerprint density at radius 2 is 1.84 bits per heavy atom. The molecule has 5 rings (SSSR count). The number of ether oxygens (including phenoxy) is 1. The van der Waals surface area contributed by atoms with Crippen molar-refractivity contribution in [1.29, 1.82) is 0 Å². The van der Waals surface area contributed by atoms with Crippen LogP contribution in [-0.2, 0) is 4.74 Å². The molecule has 1 nitrogen and oxygen atoms in total. The van der Waals surface area contributed by atoms with Crippen LogP contribution in [-0.4, -0.2) is 13.2 Å². The van der Waals surface area contributed by atoms with Gasteiger partial charge >= 0.3 is 0 Å². The Balaban J connectivity index is 1.29. The lowest BCUT2D eigenvalue weighted by Gasteiger charge is -2.41. The van der Waals surface area contributed by atoms with Crippen molar-refractivity contribution in [3.63, 3.8) is 0 Å². The first-order chi connectivity index (χ1) is 9.23. The number of rotatable bonds is 3. The normalized spacial score (nSPS) is 55.5. The molecule has 0 aromatic rings. The summed E-state index contributed by atoms with van der Waals surface area (Å²) in [6.07, 6.45) is 12.7. The fourth-order valence-electron chi connectivity index (χ4n) is 6.61. The third-order valence-electron chi connectivity index (χ3n) is 7.43. The number of fused-ring (bicyclic) bond motifs is 9. The molecule has 1 aliphatic heterocycles. The molecule has 1 heteroatoms. The highest BCUT2D eigenvalue weighted by Crippen LogP contribution is 2.67. The highest BCUT2D eigenvalue weighted by atomic mass is 16.5. The molecule has 7 unspecified atom stereocenters. The van der Waals surface area contributed by atoms with Crippen molar-refractivity contribution in [3.8, 4) is 0 Å². The predicted octanol–water partition coefficient (Wildman–Crippen LogP) is 3.90. The second-order valence-electron chi connectivity index (χ2n) is 8.60. The van der Waals surface area contributed by atoms with Gasteiger partial charge in [-0.3, -0.25) is 0 Å². The van der Waals surface area contributed by atoms with Crippen LogP contribution in [0.1, 0.15) is 39.0 Å². The largest absolute Gasteiger partial charge is 0.380 e. The first-order valence-corrected chi connectivity index (χ1v) is 8.50. The fourth-order valence-corrected chi connectivity index (χ4v) is 6.61. The Morgan fingerprint density at radius 3 is 2.58 bits per heavy atom. The molecule has 1 saturated heterocycles. The molecule has 0 aromatic carbocycles. The van der Waals surface area contributed by atoms with Gasteiger partial charge in [0.15, 0.2) is 0 Å². The standard InChI is InChI=1S/C18H26O/c1-18(9-19-10-18)5-4-11-6-14-8-15(11)17-13-3-2-12(7-13)16(14)17/h2-3,11-17H,4-10H2,1H3. The van der Waals surface area contributed by atoms with E-state index in [-0.39, 0.29) is 0 Å². The Labute approximate surface area is 116 Å². The molecule has 5 aliphatic rings. The maximum Gasteiger partial charge on any atom is 0.0542 e. The summed E-state index contributed by atoms with van der Waals surface area (Å²) in [5.74, 6) is 7.45. The topological polar surface area (TPSA) is 9.23 Å². The monoisotopic (exact) mass is 258 g/mol. The predicted molar refractivity (Wildman–Crippen MR) is 75.6 cm³/mol. The van der Waals surface area contributed by atoms with E-state index in [0.29, 0.717) is 5.41 Å². The van der Waals surface area contributed by atoms with Gasteiger partial charge in [0.25, 0.3) is 0 Å². The third kappa shape index (κ3) is 1.46. The zero-order valence-corrected chi connectivity index (χ0v) is 12.1. The molecule has 0 aromatic heterocycles. The SMILES string of the molecule is CC1(CCC2CC3CC2C2C4C=CC(C4)C32)COC1. The van der Waals surface area contributed by atoms with Crippen LogP contribution in [0.15, 0.2) is 12.2 Å². The van der Waals surface area contributed by atoms with Crippen LogP contribution in [0.3, 0.4) is 0 Å². The molecule has 0 radical (unpaired) electrons. The van der Waals surface area contributed by atoms with E-state index in [1.807, 2.05) is 0 Å². The minimum atomic E-state index is 0.538. The summed E-state index contributed by atoms with van der Waals surface area (Å²) in [6.45, 7) is 4.47. The van der Waals surface area contributed by atoms with Crippen molar-refractivity contribution in [1.82, 2.24) is 0 Å². The van der Waals surface area contributed by atoms with Gasteiger partial charge in [0, 0.05) is 5.41 Å². The van der Waals surface area contributed by atoms with Gasteiger partial charge in [-0.05, 0) is 73.5 Å². The van der Waals surface area contributed by atoms with Crippen LogP contribution in [0.5, 0.6) is 0 Å². The maximum atomic E-state index is 5.42. The minimum Gasteiger partial charge on any atom is -0.380 e. The van der Waals surface area contributed by atoms with E-state index < -0.39 is 0 Å². The van der Waals surface area contributed by atoms with Crippen LogP contribution < -0.4 is 0 Å². The van der Waals surface area contributed by atoms with Crippen molar-refractivity contribution in [2.45, 2.75) is 39.0 Å². The van der Waals surface area contributed by atoms with Crippen molar-refractivity contribution in [2.75, 3.05) is 13.2 Å². The Morgan fingerprint density at radius 1 is 1.05 bits per heavy atom. The van der Waals surface area contributed by atoms with E-state index >= 15 is 0 Å². The van der Waals surface area contributed by atoms with E-state index in [1.54, 1.807) is 12.8 Å². The average Bonchev–Trinajstić information content (AvgIpc) is 3.10. The van der Waals surface area contributed by atoms with Gasteiger partial charge in [0.05, 0.1) is 13.2 Å². The Bertz CT molecular complexity index is 421. The molecule has 1 heterocycles. The molecule has 104 valence electrons. The lowest BCUT2D eigenvalue weighted by Crippen LogP contribution is -2.40. The molecule has 0 spiro atoms. The molecule has 4 fully saturated rings. The highest BCUT2D eigenvalue weighted by molar-refractivity contribution is 5.20. The van der Waals surface area contributed by atoms with Crippen LogP contribution in [0.4, 0.5) is 0 Å². The second-order valence-corrected chi connectivity index (χ2v) is 8.60. The lowest BCUT2D eigenvalue weighted by molar-refractivity contribution is -0.109. The summed E-state index contributed by atoms with van der Waals surface area (Å²) in [5, 5.41) is 0. The molecular weight excluding hydrogens is 232 g/mol. The molecule has 19 heavy (non-hydrogen) atoms. The number of allylic oxidation sites excluding steroid dienone is 2. The first kappa shape index (κ1) is 11.4. The third-order valence-corrected chi connectivity index (χ3v) is 7.43. The first-order valence-electron chi connectivity index (χ1n) is 8.50. The van der Waals surface area contributed by atoms with Crippen LogP contribution in [0.25, 0.3) is 0 Å². The van der Waals surface area contributed by atoms with E-state index in [9.17, 15) is 0 Å². The van der Waals surface area contributed by atoms with E-state index in [0.717, 1.165) is 54.6 Å². The summed E-state index contributed by atoms with van der Waals surface area (Å²) >= 11 is 0. The van der Waals surface area contributed by atoms with Gasteiger partial charge in [-0.1, -0.05) is 19.1 Å². The van der Waals surface area contributed by atoms with Crippen molar-refractivity contribution >= 4 is 0 Å². The van der Waals surface area contributed by atoms with Gasteiger partial charge < -0.3 is 4.74 Å².